The third-order valence-corrected chi connectivity index (χ3v) is 2.36. The van der Waals surface area contributed by atoms with Gasteiger partial charge in [-0.2, -0.15) is 0 Å². The van der Waals surface area contributed by atoms with Crippen LogP contribution in [-0.4, -0.2) is 5.91 Å². The predicted octanol–water partition coefficient (Wildman–Crippen LogP) is 3.22. The van der Waals surface area contributed by atoms with Gasteiger partial charge in [-0.15, -0.1) is 0 Å². The van der Waals surface area contributed by atoms with E-state index in [9.17, 15) is 9.18 Å². The van der Waals surface area contributed by atoms with Crippen LogP contribution >= 0.6 is 0 Å². The van der Waals surface area contributed by atoms with Gasteiger partial charge in [-0.25, -0.2) is 4.39 Å². The van der Waals surface area contributed by atoms with E-state index in [1.54, 1.807) is 13.0 Å². The molecule has 0 unspecified atom stereocenters. The third-order valence-electron chi connectivity index (χ3n) is 2.36. The first kappa shape index (κ1) is 11.7. The van der Waals surface area contributed by atoms with Crippen molar-refractivity contribution in [2.75, 3.05) is 5.32 Å². The van der Waals surface area contributed by atoms with Gasteiger partial charge in [0.1, 0.15) is 5.82 Å². The highest BCUT2D eigenvalue weighted by molar-refractivity contribution is 5.88. The van der Waals surface area contributed by atoms with Crippen molar-refractivity contribution < 1.29 is 9.18 Å². The number of anilines is 1. The summed E-state index contributed by atoms with van der Waals surface area (Å²) in [6.45, 7) is 7.13. The zero-order valence-electron chi connectivity index (χ0n) is 9.52. The second kappa shape index (κ2) is 4.43. The number of amides is 1. The van der Waals surface area contributed by atoms with E-state index in [4.69, 9.17) is 0 Å². The zero-order chi connectivity index (χ0) is 11.6. The van der Waals surface area contributed by atoms with Crippen LogP contribution in [0.4, 0.5) is 10.1 Å². The molecule has 1 amide bonds. The highest BCUT2D eigenvalue weighted by Gasteiger charge is 2.12. The lowest BCUT2D eigenvalue weighted by atomic mass is 9.97. The molecule has 0 heterocycles. The Balaban J connectivity index is 3.15. The van der Waals surface area contributed by atoms with Gasteiger partial charge in [0.15, 0.2) is 0 Å². The van der Waals surface area contributed by atoms with Crippen molar-refractivity contribution in [3.8, 4) is 0 Å². The minimum Gasteiger partial charge on any atom is -0.324 e. The molecule has 0 aliphatic rings. The maximum Gasteiger partial charge on any atom is 0.221 e. The van der Waals surface area contributed by atoms with Gasteiger partial charge in [-0.3, -0.25) is 4.79 Å². The second-order valence-corrected chi connectivity index (χ2v) is 3.98. The maximum absolute atomic E-state index is 13.8. The normalized spacial score (nSPS) is 10.5. The highest BCUT2D eigenvalue weighted by Crippen LogP contribution is 2.26. The Kier molecular flexibility index (Phi) is 3.45. The summed E-state index contributed by atoms with van der Waals surface area (Å²) >= 11 is 0. The van der Waals surface area contributed by atoms with E-state index in [1.165, 1.54) is 6.92 Å². The quantitative estimate of drug-likeness (QED) is 0.796. The average Bonchev–Trinajstić information content (AvgIpc) is 2.12. The van der Waals surface area contributed by atoms with Crippen molar-refractivity contribution in [1.82, 2.24) is 0 Å². The molecular weight excluding hydrogens is 193 g/mol. The molecule has 0 bridgehead atoms. The molecular formula is C12H16FNO. The van der Waals surface area contributed by atoms with Crippen LogP contribution in [0.25, 0.3) is 0 Å². The Labute approximate surface area is 89.5 Å². The number of hydrogen-bond acceptors (Lipinski definition) is 1. The van der Waals surface area contributed by atoms with Gasteiger partial charge in [0.05, 0.1) is 5.69 Å². The smallest absolute Gasteiger partial charge is 0.221 e. The van der Waals surface area contributed by atoms with Gasteiger partial charge in [0.25, 0.3) is 0 Å². The van der Waals surface area contributed by atoms with Gasteiger partial charge in [0, 0.05) is 6.92 Å². The van der Waals surface area contributed by atoms with Crippen LogP contribution in [0.2, 0.25) is 0 Å². The van der Waals surface area contributed by atoms with Crippen molar-refractivity contribution in [2.24, 2.45) is 0 Å². The molecule has 0 aliphatic heterocycles. The first-order chi connectivity index (χ1) is 6.93. The molecule has 15 heavy (non-hydrogen) atoms. The van der Waals surface area contributed by atoms with Crippen LogP contribution in [0.5, 0.6) is 0 Å². The number of carbonyl (C=O) groups excluding carboxylic acids is 1. The minimum atomic E-state index is -0.337. The number of hydrogen-bond donors (Lipinski definition) is 1. The van der Waals surface area contributed by atoms with E-state index in [0.29, 0.717) is 5.56 Å². The van der Waals surface area contributed by atoms with Gasteiger partial charge in [-0.1, -0.05) is 19.9 Å². The summed E-state index contributed by atoms with van der Waals surface area (Å²) in [5.74, 6) is -0.312. The van der Waals surface area contributed by atoms with E-state index in [2.05, 4.69) is 5.32 Å². The number of carbonyl (C=O) groups is 1. The second-order valence-electron chi connectivity index (χ2n) is 3.98. The SMILES string of the molecule is CC(=O)Nc1ccc(C(C)C)c(C)c1F. The molecule has 1 N–H and O–H groups in total. The summed E-state index contributed by atoms with van der Waals surface area (Å²) in [6.07, 6.45) is 0. The first-order valence-electron chi connectivity index (χ1n) is 5.00. The van der Waals surface area contributed by atoms with E-state index < -0.39 is 0 Å². The molecule has 1 aromatic rings. The molecule has 0 spiro atoms. The van der Waals surface area contributed by atoms with E-state index in [1.807, 2.05) is 19.9 Å². The molecule has 0 saturated carbocycles. The van der Waals surface area contributed by atoms with Crippen molar-refractivity contribution in [3.05, 3.63) is 29.1 Å². The van der Waals surface area contributed by atoms with Crippen LogP contribution in [0.3, 0.4) is 0 Å². The summed E-state index contributed by atoms with van der Waals surface area (Å²) in [5.41, 5.74) is 1.84. The summed E-state index contributed by atoms with van der Waals surface area (Å²) in [4.78, 5) is 10.8. The van der Waals surface area contributed by atoms with Gasteiger partial charge < -0.3 is 5.32 Å². The Bertz CT molecular complexity index is 385. The van der Waals surface area contributed by atoms with Gasteiger partial charge in [0.2, 0.25) is 5.91 Å². The highest BCUT2D eigenvalue weighted by atomic mass is 19.1. The fourth-order valence-corrected chi connectivity index (χ4v) is 1.61. The predicted molar refractivity (Wildman–Crippen MR) is 59.5 cm³/mol. The Morgan fingerprint density at radius 3 is 2.47 bits per heavy atom. The van der Waals surface area contributed by atoms with E-state index in [0.717, 1.165) is 5.56 Å². The van der Waals surface area contributed by atoms with E-state index >= 15 is 0 Å². The molecule has 0 saturated heterocycles. The summed E-state index contributed by atoms with van der Waals surface area (Å²) in [7, 11) is 0. The topological polar surface area (TPSA) is 29.1 Å². The van der Waals surface area contributed by atoms with Crippen molar-refractivity contribution in [1.29, 1.82) is 0 Å². The molecule has 0 radical (unpaired) electrons. The van der Waals surface area contributed by atoms with Crippen molar-refractivity contribution >= 4 is 11.6 Å². The van der Waals surface area contributed by atoms with Gasteiger partial charge >= 0.3 is 0 Å². The Morgan fingerprint density at radius 1 is 1.40 bits per heavy atom. The number of benzene rings is 1. The van der Waals surface area contributed by atoms with Gasteiger partial charge in [-0.05, 0) is 30.0 Å². The molecule has 2 nitrogen and oxygen atoms in total. The molecule has 0 aliphatic carbocycles. The molecule has 1 rings (SSSR count). The molecule has 0 atom stereocenters. The lowest BCUT2D eigenvalue weighted by Gasteiger charge is -2.13. The first-order valence-corrected chi connectivity index (χ1v) is 5.00. The molecule has 0 aromatic heterocycles. The fraction of sp³-hybridized carbons (Fsp3) is 0.417. The van der Waals surface area contributed by atoms with Crippen LogP contribution in [-0.2, 0) is 4.79 Å². The van der Waals surface area contributed by atoms with Crippen LogP contribution < -0.4 is 5.32 Å². The lowest BCUT2D eigenvalue weighted by molar-refractivity contribution is -0.114. The van der Waals surface area contributed by atoms with Crippen LogP contribution in [0.1, 0.15) is 37.8 Å². The zero-order valence-corrected chi connectivity index (χ0v) is 9.52. The molecule has 82 valence electrons. The summed E-state index contributed by atoms with van der Waals surface area (Å²) in [5, 5.41) is 2.47. The number of nitrogens with one attached hydrogen (secondary N) is 1. The van der Waals surface area contributed by atoms with Crippen molar-refractivity contribution in [3.63, 3.8) is 0 Å². The maximum atomic E-state index is 13.8. The monoisotopic (exact) mass is 209 g/mol. The molecule has 3 heteroatoms. The largest absolute Gasteiger partial charge is 0.324 e. The summed E-state index contributed by atoms with van der Waals surface area (Å²) in [6, 6.07) is 3.47. The number of halogens is 1. The van der Waals surface area contributed by atoms with Crippen LogP contribution in [0, 0.1) is 12.7 Å². The number of rotatable bonds is 2. The Hall–Kier alpha value is -1.38. The van der Waals surface area contributed by atoms with Crippen molar-refractivity contribution in [2.45, 2.75) is 33.6 Å². The van der Waals surface area contributed by atoms with Crippen LogP contribution in [0.15, 0.2) is 12.1 Å². The summed E-state index contributed by atoms with van der Waals surface area (Å²) < 4.78 is 13.8. The lowest BCUT2D eigenvalue weighted by Crippen LogP contribution is -2.09. The minimum absolute atomic E-state index is 0.254. The molecule has 0 fully saturated rings. The Morgan fingerprint density at radius 2 is 2.00 bits per heavy atom. The third kappa shape index (κ3) is 2.55. The standard InChI is InChI=1S/C12H16FNO/c1-7(2)10-5-6-11(14-9(4)15)12(13)8(10)3/h5-7H,1-4H3,(H,14,15). The van der Waals surface area contributed by atoms with E-state index in [-0.39, 0.29) is 23.3 Å². The molecule has 1 aromatic carbocycles. The fourth-order valence-electron chi connectivity index (χ4n) is 1.61. The average molecular weight is 209 g/mol.